The van der Waals surface area contributed by atoms with Crippen LogP contribution in [0.2, 0.25) is 0 Å². The van der Waals surface area contributed by atoms with Crippen molar-refractivity contribution in [3.8, 4) is 0 Å². The van der Waals surface area contributed by atoms with Crippen LogP contribution in [0.25, 0.3) is 0 Å². The number of para-hydroxylation sites is 1. The summed E-state index contributed by atoms with van der Waals surface area (Å²) in [4.78, 5) is 0. The zero-order chi connectivity index (χ0) is 14.2. The molecule has 0 radical (unpaired) electrons. The molecule has 112 valence electrons. The number of aliphatic hydroxyl groups excluding tert-OH is 1. The van der Waals surface area contributed by atoms with Crippen molar-refractivity contribution < 1.29 is 9.84 Å². The van der Waals surface area contributed by atoms with E-state index in [-0.39, 0.29) is 0 Å². The fraction of sp³-hybridized carbons (Fsp3) is 0.647. The first-order valence-corrected chi connectivity index (χ1v) is 7.91. The zero-order valence-corrected chi connectivity index (χ0v) is 12.5. The molecule has 0 heterocycles. The van der Waals surface area contributed by atoms with Gasteiger partial charge in [0.25, 0.3) is 0 Å². The Balaban J connectivity index is 1.73. The molecule has 1 aromatic carbocycles. The lowest BCUT2D eigenvalue weighted by molar-refractivity contribution is -0.00117. The molecule has 1 fully saturated rings. The summed E-state index contributed by atoms with van der Waals surface area (Å²) < 4.78 is 5.74. The number of benzene rings is 1. The van der Waals surface area contributed by atoms with E-state index < -0.39 is 6.10 Å². The second-order valence-corrected chi connectivity index (χ2v) is 5.68. The van der Waals surface area contributed by atoms with Crippen molar-refractivity contribution >= 4 is 5.69 Å². The van der Waals surface area contributed by atoms with Crippen LogP contribution in [0.15, 0.2) is 24.3 Å². The average Bonchev–Trinajstić information content (AvgIpc) is 2.98. The molecule has 1 aliphatic carbocycles. The molecule has 0 aliphatic heterocycles. The van der Waals surface area contributed by atoms with Crippen molar-refractivity contribution in [3.05, 3.63) is 29.8 Å². The molecule has 1 saturated carbocycles. The standard InChI is InChI=1S/C17H27NO2/c1-2-7-14-8-3-6-11-17(14)18-12-15(19)13-20-16-9-4-5-10-16/h3,6,8,11,15-16,18-19H,2,4-5,7,9-10,12-13H2,1H3. The molecular weight excluding hydrogens is 250 g/mol. The predicted molar refractivity (Wildman–Crippen MR) is 83.1 cm³/mol. The monoisotopic (exact) mass is 277 g/mol. The number of aliphatic hydroxyl groups is 1. The van der Waals surface area contributed by atoms with E-state index in [1.165, 1.54) is 18.4 Å². The van der Waals surface area contributed by atoms with Gasteiger partial charge in [-0.05, 0) is 30.9 Å². The van der Waals surface area contributed by atoms with Crippen molar-refractivity contribution in [1.29, 1.82) is 0 Å². The van der Waals surface area contributed by atoms with E-state index in [0.717, 1.165) is 31.4 Å². The van der Waals surface area contributed by atoms with Crippen molar-refractivity contribution in [2.75, 3.05) is 18.5 Å². The zero-order valence-electron chi connectivity index (χ0n) is 12.5. The lowest BCUT2D eigenvalue weighted by Crippen LogP contribution is -2.27. The largest absolute Gasteiger partial charge is 0.389 e. The molecule has 1 atom stereocenters. The maximum atomic E-state index is 10.0. The van der Waals surface area contributed by atoms with Gasteiger partial charge in [-0.1, -0.05) is 44.4 Å². The SMILES string of the molecule is CCCc1ccccc1NCC(O)COC1CCCC1. The molecule has 2 rings (SSSR count). The molecule has 1 unspecified atom stereocenters. The highest BCUT2D eigenvalue weighted by molar-refractivity contribution is 5.51. The van der Waals surface area contributed by atoms with E-state index in [0.29, 0.717) is 19.3 Å². The lowest BCUT2D eigenvalue weighted by atomic mass is 10.1. The first kappa shape index (κ1) is 15.3. The molecule has 0 bridgehead atoms. The Morgan fingerprint density at radius 1 is 1.30 bits per heavy atom. The second-order valence-electron chi connectivity index (χ2n) is 5.68. The minimum absolute atomic E-state index is 0.372. The van der Waals surface area contributed by atoms with E-state index in [1.54, 1.807) is 0 Å². The summed E-state index contributed by atoms with van der Waals surface area (Å²) >= 11 is 0. The minimum atomic E-state index is -0.440. The number of rotatable bonds is 8. The summed E-state index contributed by atoms with van der Waals surface area (Å²) in [7, 11) is 0. The molecule has 0 spiro atoms. The van der Waals surface area contributed by atoms with Gasteiger partial charge in [-0.15, -0.1) is 0 Å². The van der Waals surface area contributed by atoms with Gasteiger partial charge in [0.2, 0.25) is 0 Å². The predicted octanol–water partition coefficient (Wildman–Crippen LogP) is 3.37. The minimum Gasteiger partial charge on any atom is -0.389 e. The smallest absolute Gasteiger partial charge is 0.0945 e. The van der Waals surface area contributed by atoms with Crippen LogP contribution in [0.1, 0.15) is 44.6 Å². The molecule has 1 aromatic rings. The summed E-state index contributed by atoms with van der Waals surface area (Å²) in [6, 6.07) is 8.32. The number of aryl methyl sites for hydroxylation is 1. The van der Waals surface area contributed by atoms with Crippen molar-refractivity contribution in [3.63, 3.8) is 0 Å². The number of hydrogen-bond donors (Lipinski definition) is 2. The van der Waals surface area contributed by atoms with Gasteiger partial charge < -0.3 is 15.2 Å². The van der Waals surface area contributed by atoms with Crippen molar-refractivity contribution in [1.82, 2.24) is 0 Å². The molecule has 3 heteroatoms. The Morgan fingerprint density at radius 2 is 2.05 bits per heavy atom. The third kappa shape index (κ3) is 4.80. The normalized spacial score (nSPS) is 17.3. The van der Waals surface area contributed by atoms with E-state index in [2.05, 4.69) is 30.4 Å². The van der Waals surface area contributed by atoms with Crippen LogP contribution >= 0.6 is 0 Å². The van der Waals surface area contributed by atoms with Gasteiger partial charge in [0.1, 0.15) is 0 Å². The molecule has 0 amide bonds. The summed E-state index contributed by atoms with van der Waals surface area (Å²) in [6.07, 6.45) is 6.97. The van der Waals surface area contributed by atoms with Crippen LogP contribution in [0.4, 0.5) is 5.69 Å². The van der Waals surface area contributed by atoms with Crippen LogP contribution in [0.5, 0.6) is 0 Å². The Labute approximate surface area is 122 Å². The molecule has 0 saturated heterocycles. The first-order valence-electron chi connectivity index (χ1n) is 7.91. The fourth-order valence-electron chi connectivity index (χ4n) is 2.77. The maximum Gasteiger partial charge on any atom is 0.0945 e. The summed E-state index contributed by atoms with van der Waals surface area (Å²) in [6.45, 7) is 3.17. The second kappa shape index (κ2) is 8.28. The van der Waals surface area contributed by atoms with E-state index in [1.807, 2.05) is 6.07 Å². The summed E-state index contributed by atoms with van der Waals surface area (Å²) in [5, 5.41) is 13.3. The van der Waals surface area contributed by atoms with Gasteiger partial charge >= 0.3 is 0 Å². The Kier molecular flexibility index (Phi) is 6.34. The highest BCUT2D eigenvalue weighted by Crippen LogP contribution is 2.21. The topological polar surface area (TPSA) is 41.5 Å². The Morgan fingerprint density at radius 3 is 2.80 bits per heavy atom. The van der Waals surface area contributed by atoms with Gasteiger partial charge in [0, 0.05) is 12.2 Å². The van der Waals surface area contributed by atoms with Crippen molar-refractivity contribution in [2.45, 2.75) is 57.7 Å². The molecule has 2 N–H and O–H groups in total. The number of hydrogen-bond acceptors (Lipinski definition) is 3. The highest BCUT2D eigenvalue weighted by atomic mass is 16.5. The van der Waals surface area contributed by atoms with Gasteiger partial charge in [-0.25, -0.2) is 0 Å². The van der Waals surface area contributed by atoms with Crippen LogP contribution in [0, 0.1) is 0 Å². The van der Waals surface area contributed by atoms with E-state index >= 15 is 0 Å². The average molecular weight is 277 g/mol. The van der Waals surface area contributed by atoms with Gasteiger partial charge in [0.15, 0.2) is 0 Å². The third-order valence-corrected chi connectivity index (χ3v) is 3.89. The fourth-order valence-corrected chi connectivity index (χ4v) is 2.77. The first-order chi connectivity index (χ1) is 9.79. The van der Waals surface area contributed by atoms with E-state index in [4.69, 9.17) is 4.74 Å². The molecule has 1 aliphatic rings. The van der Waals surface area contributed by atoms with Crippen molar-refractivity contribution in [2.24, 2.45) is 0 Å². The van der Waals surface area contributed by atoms with Gasteiger partial charge in [-0.2, -0.15) is 0 Å². The number of ether oxygens (including phenoxy) is 1. The summed E-state index contributed by atoms with van der Waals surface area (Å²) in [5.41, 5.74) is 2.45. The highest BCUT2D eigenvalue weighted by Gasteiger charge is 2.16. The third-order valence-electron chi connectivity index (χ3n) is 3.89. The molecular formula is C17H27NO2. The number of nitrogens with one attached hydrogen (secondary N) is 1. The van der Waals surface area contributed by atoms with Crippen LogP contribution in [-0.4, -0.2) is 30.5 Å². The quantitative estimate of drug-likeness (QED) is 0.765. The Bertz CT molecular complexity index is 388. The molecule has 3 nitrogen and oxygen atoms in total. The van der Waals surface area contributed by atoms with Crippen LogP contribution < -0.4 is 5.32 Å². The summed E-state index contributed by atoms with van der Waals surface area (Å²) in [5.74, 6) is 0. The van der Waals surface area contributed by atoms with Gasteiger partial charge in [0.05, 0.1) is 18.8 Å². The van der Waals surface area contributed by atoms with Crippen LogP contribution in [-0.2, 0) is 11.2 Å². The van der Waals surface area contributed by atoms with Gasteiger partial charge in [-0.3, -0.25) is 0 Å². The molecule has 20 heavy (non-hydrogen) atoms. The van der Waals surface area contributed by atoms with Crippen LogP contribution in [0.3, 0.4) is 0 Å². The maximum absolute atomic E-state index is 10.0. The Hall–Kier alpha value is -1.06. The molecule has 0 aromatic heterocycles. The van der Waals surface area contributed by atoms with E-state index in [9.17, 15) is 5.11 Å². The number of anilines is 1. The lowest BCUT2D eigenvalue weighted by Gasteiger charge is -2.17.